The summed E-state index contributed by atoms with van der Waals surface area (Å²) in [5.74, 6) is 1.54. The molecule has 0 aliphatic rings. The van der Waals surface area contributed by atoms with E-state index in [0.29, 0.717) is 31.3 Å². The van der Waals surface area contributed by atoms with E-state index in [4.69, 9.17) is 21.1 Å². The third kappa shape index (κ3) is 6.69. The number of hydrogen-bond acceptors (Lipinski definition) is 3. The van der Waals surface area contributed by atoms with Gasteiger partial charge in [0.1, 0.15) is 5.75 Å². The van der Waals surface area contributed by atoms with Crippen LogP contribution in [0.25, 0.3) is 0 Å². The van der Waals surface area contributed by atoms with Gasteiger partial charge in [0.15, 0.2) is 5.96 Å². The van der Waals surface area contributed by atoms with Crippen molar-refractivity contribution < 1.29 is 9.47 Å². The van der Waals surface area contributed by atoms with Gasteiger partial charge in [0.25, 0.3) is 0 Å². The molecule has 0 aliphatic carbocycles. The summed E-state index contributed by atoms with van der Waals surface area (Å²) in [6.07, 6.45) is 0. The van der Waals surface area contributed by atoms with Crippen LogP contribution in [0.2, 0.25) is 5.02 Å². The molecule has 118 valence electrons. The van der Waals surface area contributed by atoms with E-state index in [1.165, 1.54) is 0 Å². The molecule has 0 atom stereocenters. The Bertz CT molecular complexity index is 453. The van der Waals surface area contributed by atoms with Crippen LogP contribution in [0, 0.1) is 0 Å². The van der Waals surface area contributed by atoms with Crippen LogP contribution in [0.3, 0.4) is 0 Å². The fourth-order valence-corrected chi connectivity index (χ4v) is 1.89. The van der Waals surface area contributed by atoms with Gasteiger partial charge in [-0.25, -0.2) is 4.99 Å². The summed E-state index contributed by atoms with van der Waals surface area (Å²) in [7, 11) is 1.67. The quantitative estimate of drug-likeness (QED) is 0.440. The molecule has 0 saturated carbocycles. The van der Waals surface area contributed by atoms with E-state index in [0.717, 1.165) is 23.8 Å². The summed E-state index contributed by atoms with van der Waals surface area (Å²) in [5, 5.41) is 7.06. The van der Waals surface area contributed by atoms with E-state index in [1.807, 2.05) is 32.0 Å². The highest BCUT2D eigenvalue weighted by atomic mass is 35.5. The maximum atomic E-state index is 6.00. The van der Waals surface area contributed by atoms with Crippen LogP contribution in [-0.4, -0.2) is 39.4 Å². The van der Waals surface area contributed by atoms with Crippen molar-refractivity contribution in [2.75, 3.05) is 33.4 Å². The molecule has 1 rings (SSSR count). The van der Waals surface area contributed by atoms with Gasteiger partial charge in [-0.2, -0.15) is 0 Å². The number of guanidine groups is 1. The fourth-order valence-electron chi connectivity index (χ4n) is 1.73. The normalized spacial score (nSPS) is 11.3. The van der Waals surface area contributed by atoms with Gasteiger partial charge in [-0.15, -0.1) is 0 Å². The number of halogens is 1. The number of aliphatic imine (C=N–C) groups is 1. The van der Waals surface area contributed by atoms with E-state index in [9.17, 15) is 0 Å². The first-order chi connectivity index (χ1) is 10.2. The van der Waals surface area contributed by atoms with Gasteiger partial charge < -0.3 is 20.1 Å². The van der Waals surface area contributed by atoms with Crippen molar-refractivity contribution in [1.29, 1.82) is 0 Å². The molecule has 21 heavy (non-hydrogen) atoms. The molecule has 2 N–H and O–H groups in total. The van der Waals surface area contributed by atoms with Gasteiger partial charge in [-0.3, -0.25) is 0 Å². The molecule has 0 saturated heterocycles. The van der Waals surface area contributed by atoms with E-state index < -0.39 is 0 Å². The Morgan fingerprint density at radius 3 is 2.76 bits per heavy atom. The first-order valence-electron chi connectivity index (χ1n) is 7.13. The van der Waals surface area contributed by atoms with Crippen molar-refractivity contribution >= 4 is 17.6 Å². The number of nitrogens with zero attached hydrogens (tertiary/aromatic N) is 1. The average molecular weight is 314 g/mol. The third-order valence-corrected chi connectivity index (χ3v) is 2.91. The molecule has 0 radical (unpaired) electrons. The number of rotatable bonds is 8. The number of hydrogen-bond donors (Lipinski definition) is 2. The molecule has 1 aromatic rings. The van der Waals surface area contributed by atoms with E-state index in [1.54, 1.807) is 7.11 Å². The molecule has 0 amide bonds. The second-order valence-corrected chi connectivity index (χ2v) is 4.74. The molecule has 0 bridgehead atoms. The molecule has 1 aromatic carbocycles. The van der Waals surface area contributed by atoms with E-state index >= 15 is 0 Å². The molecule has 0 heterocycles. The summed E-state index contributed by atoms with van der Waals surface area (Å²) in [4.78, 5) is 4.54. The van der Waals surface area contributed by atoms with Crippen molar-refractivity contribution in [3.05, 3.63) is 28.8 Å². The zero-order chi connectivity index (χ0) is 15.5. The first kappa shape index (κ1) is 17.6. The highest BCUT2D eigenvalue weighted by molar-refractivity contribution is 6.30. The van der Waals surface area contributed by atoms with Crippen LogP contribution in [0.15, 0.2) is 23.2 Å². The van der Waals surface area contributed by atoms with Crippen LogP contribution in [-0.2, 0) is 11.3 Å². The van der Waals surface area contributed by atoms with Crippen molar-refractivity contribution in [1.82, 2.24) is 10.6 Å². The largest absolute Gasteiger partial charge is 0.493 e. The Hall–Kier alpha value is -1.46. The van der Waals surface area contributed by atoms with Crippen molar-refractivity contribution in [2.45, 2.75) is 20.4 Å². The average Bonchev–Trinajstić information content (AvgIpc) is 2.47. The Labute approximate surface area is 131 Å². The van der Waals surface area contributed by atoms with Gasteiger partial charge in [-0.05, 0) is 26.0 Å². The smallest absolute Gasteiger partial charge is 0.191 e. The monoisotopic (exact) mass is 313 g/mol. The highest BCUT2D eigenvalue weighted by Crippen LogP contribution is 2.24. The summed E-state index contributed by atoms with van der Waals surface area (Å²) in [6.45, 7) is 7.25. The predicted molar refractivity (Wildman–Crippen MR) is 87.3 cm³/mol. The maximum absolute atomic E-state index is 6.00. The molecule has 6 heteroatoms. The second kappa shape index (κ2) is 10.3. The van der Waals surface area contributed by atoms with Crippen molar-refractivity contribution in [3.8, 4) is 5.75 Å². The van der Waals surface area contributed by atoms with Crippen LogP contribution < -0.4 is 15.4 Å². The highest BCUT2D eigenvalue weighted by Gasteiger charge is 2.05. The lowest BCUT2D eigenvalue weighted by molar-refractivity contribution is 0.203. The third-order valence-electron chi connectivity index (χ3n) is 2.68. The minimum Gasteiger partial charge on any atom is -0.493 e. The summed E-state index contributed by atoms with van der Waals surface area (Å²) in [5.41, 5.74) is 1.00. The first-order valence-corrected chi connectivity index (χ1v) is 7.51. The van der Waals surface area contributed by atoms with Crippen molar-refractivity contribution in [3.63, 3.8) is 0 Å². The van der Waals surface area contributed by atoms with Gasteiger partial charge in [0, 0.05) is 30.8 Å². The second-order valence-electron chi connectivity index (χ2n) is 4.30. The van der Waals surface area contributed by atoms with E-state index in [-0.39, 0.29) is 0 Å². The Balaban J connectivity index is 2.74. The van der Waals surface area contributed by atoms with Gasteiger partial charge in [0.05, 0.1) is 19.8 Å². The molecule has 0 aromatic heterocycles. The Kier molecular flexibility index (Phi) is 8.62. The fraction of sp³-hybridized carbons (Fsp3) is 0.533. The lowest BCUT2D eigenvalue weighted by Gasteiger charge is -2.12. The van der Waals surface area contributed by atoms with Crippen molar-refractivity contribution in [2.24, 2.45) is 4.99 Å². The molecular formula is C15H24ClN3O2. The summed E-state index contributed by atoms with van der Waals surface area (Å²) >= 11 is 6.00. The zero-order valence-electron chi connectivity index (χ0n) is 12.9. The van der Waals surface area contributed by atoms with Crippen LogP contribution in [0.4, 0.5) is 0 Å². The molecule has 0 fully saturated rings. The molecule has 0 spiro atoms. The maximum Gasteiger partial charge on any atom is 0.191 e. The topological polar surface area (TPSA) is 54.9 Å². The molecule has 0 unspecified atom stereocenters. The summed E-state index contributed by atoms with van der Waals surface area (Å²) < 4.78 is 10.6. The number of ether oxygens (including phenoxy) is 2. The Morgan fingerprint density at radius 1 is 1.29 bits per heavy atom. The van der Waals surface area contributed by atoms with Gasteiger partial charge in [0.2, 0.25) is 0 Å². The van der Waals surface area contributed by atoms with Crippen LogP contribution >= 0.6 is 11.6 Å². The zero-order valence-corrected chi connectivity index (χ0v) is 13.7. The molecular weight excluding hydrogens is 290 g/mol. The standard InChI is InChI=1S/C15H24ClN3O2/c1-4-17-15(18-8-9-20-3)19-11-12-6-7-13(16)10-14(12)21-5-2/h6-7,10H,4-5,8-9,11H2,1-3H3,(H2,17,18,19). The van der Waals surface area contributed by atoms with Crippen LogP contribution in [0.1, 0.15) is 19.4 Å². The predicted octanol–water partition coefficient (Wildman–Crippen LogP) is 2.44. The lowest BCUT2D eigenvalue weighted by Crippen LogP contribution is -2.38. The van der Waals surface area contributed by atoms with Gasteiger partial charge in [-0.1, -0.05) is 17.7 Å². The minimum absolute atomic E-state index is 0.523. The van der Waals surface area contributed by atoms with Gasteiger partial charge >= 0.3 is 0 Å². The SMILES string of the molecule is CCNC(=NCc1ccc(Cl)cc1OCC)NCCOC. The van der Waals surface area contributed by atoms with Crippen LogP contribution in [0.5, 0.6) is 5.75 Å². The summed E-state index contributed by atoms with van der Waals surface area (Å²) in [6, 6.07) is 5.61. The van der Waals surface area contributed by atoms with E-state index in [2.05, 4.69) is 15.6 Å². The minimum atomic E-state index is 0.523. The number of benzene rings is 1. The number of methoxy groups -OCH3 is 1. The molecule has 5 nitrogen and oxygen atoms in total. The number of nitrogens with one attached hydrogen (secondary N) is 2. The molecule has 0 aliphatic heterocycles. The Morgan fingerprint density at radius 2 is 2.10 bits per heavy atom. The lowest BCUT2D eigenvalue weighted by atomic mass is 10.2.